The van der Waals surface area contributed by atoms with Gasteiger partial charge in [0.1, 0.15) is 0 Å². The van der Waals surface area contributed by atoms with Crippen LogP contribution in [0.1, 0.15) is 55.1 Å². The van der Waals surface area contributed by atoms with Crippen molar-refractivity contribution >= 4 is 21.6 Å². The van der Waals surface area contributed by atoms with Crippen LogP contribution in [-0.2, 0) is 10.0 Å². The molecule has 2 rings (SSSR count). The number of hydrogen-bond acceptors (Lipinski definition) is 3. The Morgan fingerprint density at radius 3 is 2.19 bits per heavy atom. The molecule has 146 valence electrons. The summed E-state index contributed by atoms with van der Waals surface area (Å²) in [7, 11) is -3.67. The Labute approximate surface area is 162 Å². The molecule has 0 aliphatic rings. The topological polar surface area (TPSA) is 75.3 Å². The van der Waals surface area contributed by atoms with E-state index in [2.05, 4.69) is 17.0 Å². The number of sulfonamides is 1. The van der Waals surface area contributed by atoms with Crippen LogP contribution >= 0.6 is 0 Å². The SMILES string of the molecule is CCCC(C)(C)NC(=O)c1ccc(NS(=O)(=O)c2ccc(C)c(C)c2)cc1. The Morgan fingerprint density at radius 1 is 1.00 bits per heavy atom. The van der Waals surface area contributed by atoms with Crippen LogP contribution in [0.15, 0.2) is 47.4 Å². The van der Waals surface area contributed by atoms with Crippen molar-refractivity contribution in [2.45, 2.75) is 57.9 Å². The summed E-state index contributed by atoms with van der Waals surface area (Å²) in [5, 5.41) is 3.00. The van der Waals surface area contributed by atoms with E-state index in [0.29, 0.717) is 11.3 Å². The van der Waals surface area contributed by atoms with Crippen molar-refractivity contribution in [2.24, 2.45) is 0 Å². The number of anilines is 1. The van der Waals surface area contributed by atoms with E-state index < -0.39 is 10.0 Å². The van der Waals surface area contributed by atoms with Crippen LogP contribution in [0.4, 0.5) is 5.69 Å². The van der Waals surface area contributed by atoms with Crippen molar-refractivity contribution < 1.29 is 13.2 Å². The molecule has 0 fully saturated rings. The van der Waals surface area contributed by atoms with Gasteiger partial charge in [-0.3, -0.25) is 9.52 Å². The Hall–Kier alpha value is -2.34. The molecule has 0 aliphatic heterocycles. The van der Waals surface area contributed by atoms with E-state index >= 15 is 0 Å². The quantitative estimate of drug-likeness (QED) is 0.737. The van der Waals surface area contributed by atoms with Gasteiger partial charge in [-0.2, -0.15) is 0 Å². The lowest BCUT2D eigenvalue weighted by molar-refractivity contribution is 0.0909. The molecule has 0 bridgehead atoms. The minimum Gasteiger partial charge on any atom is -0.347 e. The van der Waals surface area contributed by atoms with Gasteiger partial charge in [-0.05, 0) is 81.6 Å². The zero-order valence-electron chi connectivity index (χ0n) is 16.6. The lowest BCUT2D eigenvalue weighted by Crippen LogP contribution is -2.43. The summed E-state index contributed by atoms with van der Waals surface area (Å²) in [6.07, 6.45) is 1.86. The number of benzene rings is 2. The second kappa shape index (κ2) is 8.13. The third-order valence-electron chi connectivity index (χ3n) is 4.51. The summed E-state index contributed by atoms with van der Waals surface area (Å²) in [5.74, 6) is -0.169. The van der Waals surface area contributed by atoms with E-state index in [-0.39, 0.29) is 16.3 Å². The van der Waals surface area contributed by atoms with Crippen molar-refractivity contribution in [3.8, 4) is 0 Å². The van der Waals surface area contributed by atoms with Gasteiger partial charge < -0.3 is 5.32 Å². The molecule has 6 heteroatoms. The van der Waals surface area contributed by atoms with Crippen LogP contribution in [-0.4, -0.2) is 19.9 Å². The van der Waals surface area contributed by atoms with E-state index in [9.17, 15) is 13.2 Å². The summed E-state index contributed by atoms with van der Waals surface area (Å²) < 4.78 is 27.7. The predicted molar refractivity (Wildman–Crippen MR) is 110 cm³/mol. The second-order valence-corrected chi connectivity index (χ2v) is 9.20. The van der Waals surface area contributed by atoms with Crippen LogP contribution in [0.3, 0.4) is 0 Å². The maximum absolute atomic E-state index is 12.6. The van der Waals surface area contributed by atoms with Crippen LogP contribution in [0.5, 0.6) is 0 Å². The molecule has 2 aromatic carbocycles. The van der Waals surface area contributed by atoms with Crippen molar-refractivity contribution in [1.82, 2.24) is 5.32 Å². The number of nitrogens with one attached hydrogen (secondary N) is 2. The van der Waals surface area contributed by atoms with Gasteiger partial charge in [0, 0.05) is 16.8 Å². The first-order chi connectivity index (χ1) is 12.5. The van der Waals surface area contributed by atoms with Crippen molar-refractivity contribution in [3.05, 3.63) is 59.2 Å². The van der Waals surface area contributed by atoms with Gasteiger partial charge in [-0.15, -0.1) is 0 Å². The Kier molecular flexibility index (Phi) is 6.31. The molecule has 2 N–H and O–H groups in total. The zero-order chi connectivity index (χ0) is 20.2. The molecule has 0 aliphatic carbocycles. The number of aryl methyl sites for hydroxylation is 2. The maximum atomic E-state index is 12.6. The fraction of sp³-hybridized carbons (Fsp3) is 0.381. The molecular formula is C21H28N2O3S. The molecule has 0 atom stereocenters. The summed E-state index contributed by atoms with van der Waals surface area (Å²) in [6, 6.07) is 11.5. The minimum atomic E-state index is -3.67. The minimum absolute atomic E-state index is 0.169. The molecule has 5 nitrogen and oxygen atoms in total. The highest BCUT2D eigenvalue weighted by Gasteiger charge is 2.20. The third kappa shape index (κ3) is 5.57. The maximum Gasteiger partial charge on any atom is 0.261 e. The molecule has 27 heavy (non-hydrogen) atoms. The largest absolute Gasteiger partial charge is 0.347 e. The molecular weight excluding hydrogens is 360 g/mol. The lowest BCUT2D eigenvalue weighted by Gasteiger charge is -2.25. The average Bonchev–Trinajstić information content (AvgIpc) is 2.57. The van der Waals surface area contributed by atoms with E-state index in [0.717, 1.165) is 24.0 Å². The number of hydrogen-bond donors (Lipinski definition) is 2. The monoisotopic (exact) mass is 388 g/mol. The number of amides is 1. The van der Waals surface area contributed by atoms with Gasteiger partial charge in [0.2, 0.25) is 0 Å². The Morgan fingerprint density at radius 2 is 1.63 bits per heavy atom. The van der Waals surface area contributed by atoms with E-state index in [4.69, 9.17) is 0 Å². The van der Waals surface area contributed by atoms with E-state index in [1.165, 1.54) is 0 Å². The lowest BCUT2D eigenvalue weighted by atomic mass is 9.98. The molecule has 1 amide bonds. The van der Waals surface area contributed by atoms with E-state index in [1.54, 1.807) is 42.5 Å². The van der Waals surface area contributed by atoms with E-state index in [1.807, 2.05) is 27.7 Å². The molecule has 0 saturated carbocycles. The first kappa shape index (κ1) is 21.0. The highest BCUT2D eigenvalue weighted by molar-refractivity contribution is 7.92. The smallest absolute Gasteiger partial charge is 0.261 e. The number of carbonyl (C=O) groups excluding carboxylic acids is 1. The summed E-state index contributed by atoms with van der Waals surface area (Å²) in [4.78, 5) is 12.6. The summed E-state index contributed by atoms with van der Waals surface area (Å²) >= 11 is 0. The molecule has 0 spiro atoms. The highest BCUT2D eigenvalue weighted by atomic mass is 32.2. The first-order valence-corrected chi connectivity index (χ1v) is 10.5. The van der Waals surface area contributed by atoms with Crippen molar-refractivity contribution in [1.29, 1.82) is 0 Å². The third-order valence-corrected chi connectivity index (χ3v) is 5.89. The van der Waals surface area contributed by atoms with Crippen LogP contribution in [0.25, 0.3) is 0 Å². The van der Waals surface area contributed by atoms with Gasteiger partial charge in [-0.25, -0.2) is 8.42 Å². The van der Waals surface area contributed by atoms with Crippen molar-refractivity contribution in [2.75, 3.05) is 4.72 Å². The normalized spacial score (nSPS) is 11.9. The fourth-order valence-electron chi connectivity index (χ4n) is 2.85. The van der Waals surface area contributed by atoms with Gasteiger partial charge in [-0.1, -0.05) is 19.4 Å². The average molecular weight is 389 g/mol. The molecule has 0 radical (unpaired) electrons. The van der Waals surface area contributed by atoms with Gasteiger partial charge >= 0.3 is 0 Å². The number of rotatable bonds is 7. The zero-order valence-corrected chi connectivity index (χ0v) is 17.4. The predicted octanol–water partition coefficient (Wildman–Crippen LogP) is 4.41. The molecule has 2 aromatic rings. The number of carbonyl (C=O) groups is 1. The van der Waals surface area contributed by atoms with Gasteiger partial charge in [0.05, 0.1) is 4.90 Å². The van der Waals surface area contributed by atoms with Crippen LogP contribution in [0, 0.1) is 13.8 Å². The van der Waals surface area contributed by atoms with Crippen molar-refractivity contribution in [3.63, 3.8) is 0 Å². The summed E-state index contributed by atoms with van der Waals surface area (Å²) in [5.41, 5.74) is 2.58. The first-order valence-electron chi connectivity index (χ1n) is 9.07. The van der Waals surface area contributed by atoms with Crippen LogP contribution in [0.2, 0.25) is 0 Å². The Bertz CT molecular complexity index is 917. The molecule has 0 heterocycles. The second-order valence-electron chi connectivity index (χ2n) is 7.52. The van der Waals surface area contributed by atoms with Crippen LogP contribution < -0.4 is 10.0 Å². The van der Waals surface area contributed by atoms with Gasteiger partial charge in [0.15, 0.2) is 0 Å². The fourth-order valence-corrected chi connectivity index (χ4v) is 4.00. The molecule has 0 saturated heterocycles. The highest BCUT2D eigenvalue weighted by Crippen LogP contribution is 2.20. The standard InChI is InChI=1S/C21H28N2O3S/c1-6-13-21(4,5)22-20(24)17-8-10-18(11-9-17)23-27(25,26)19-12-7-15(2)16(3)14-19/h7-12,14,23H,6,13H2,1-5H3,(H,22,24). The molecule has 0 unspecified atom stereocenters. The summed E-state index contributed by atoms with van der Waals surface area (Å²) in [6.45, 7) is 9.86. The molecule has 0 aromatic heterocycles. The van der Waals surface area contributed by atoms with Gasteiger partial charge in [0.25, 0.3) is 15.9 Å². The Balaban J connectivity index is 2.13.